The predicted molar refractivity (Wildman–Crippen MR) is 86.0 cm³/mol. The molecule has 1 amide bonds. The zero-order valence-electron chi connectivity index (χ0n) is 11.9. The molecule has 0 bridgehead atoms. The average Bonchev–Trinajstić information content (AvgIpc) is 2.46. The van der Waals surface area contributed by atoms with E-state index in [2.05, 4.69) is 16.5 Å². The van der Waals surface area contributed by atoms with Crippen molar-refractivity contribution in [1.82, 2.24) is 10.4 Å². The Kier molecular flexibility index (Phi) is 4.86. The van der Waals surface area contributed by atoms with Crippen LogP contribution in [0.15, 0.2) is 30.3 Å². The first kappa shape index (κ1) is 16.1. The van der Waals surface area contributed by atoms with Gasteiger partial charge in [0.25, 0.3) is 5.91 Å². The Bertz CT molecular complexity index is 771. The van der Waals surface area contributed by atoms with Crippen molar-refractivity contribution in [2.45, 2.75) is 6.92 Å². The fourth-order valence-electron chi connectivity index (χ4n) is 1.91. The number of aromatic nitrogens is 1. The standard InChI is InChI=1S/C15H12Cl2N4O/c1-9-7-13(17)19-14(11(9)8-18)21(2)20-15(22)10-5-3-4-6-12(10)16/h3-7H,1-2H3,(H,20,22). The molecule has 0 fully saturated rings. The summed E-state index contributed by atoms with van der Waals surface area (Å²) in [5.74, 6) is -0.135. The molecule has 1 aromatic heterocycles. The number of nitriles is 1. The molecule has 1 aromatic carbocycles. The Labute approximate surface area is 138 Å². The van der Waals surface area contributed by atoms with Gasteiger partial charge in [-0.3, -0.25) is 15.2 Å². The fourth-order valence-corrected chi connectivity index (χ4v) is 2.37. The Morgan fingerprint density at radius 2 is 2.05 bits per heavy atom. The molecular formula is C15H12Cl2N4O. The number of hydrogen-bond acceptors (Lipinski definition) is 4. The van der Waals surface area contributed by atoms with Crippen LogP contribution in [-0.4, -0.2) is 17.9 Å². The Morgan fingerprint density at radius 1 is 1.36 bits per heavy atom. The van der Waals surface area contributed by atoms with Gasteiger partial charge in [-0.1, -0.05) is 35.3 Å². The molecule has 0 radical (unpaired) electrons. The second-order valence-electron chi connectivity index (χ2n) is 4.55. The number of carbonyl (C=O) groups excluding carboxylic acids is 1. The minimum absolute atomic E-state index is 0.241. The van der Waals surface area contributed by atoms with Gasteiger partial charge in [-0.2, -0.15) is 5.26 Å². The van der Waals surface area contributed by atoms with Crippen LogP contribution in [0.5, 0.6) is 0 Å². The van der Waals surface area contributed by atoms with Gasteiger partial charge < -0.3 is 0 Å². The molecule has 2 aromatic rings. The number of hydrazine groups is 1. The summed E-state index contributed by atoms with van der Waals surface area (Å²) in [4.78, 5) is 16.3. The van der Waals surface area contributed by atoms with Gasteiger partial charge in [0.15, 0.2) is 5.82 Å². The first-order valence-corrected chi connectivity index (χ1v) is 7.06. The normalized spacial score (nSPS) is 9.95. The third-order valence-electron chi connectivity index (χ3n) is 2.98. The zero-order valence-corrected chi connectivity index (χ0v) is 13.4. The van der Waals surface area contributed by atoms with E-state index in [4.69, 9.17) is 23.2 Å². The van der Waals surface area contributed by atoms with Crippen molar-refractivity contribution < 1.29 is 4.79 Å². The highest BCUT2D eigenvalue weighted by Gasteiger charge is 2.17. The fraction of sp³-hybridized carbons (Fsp3) is 0.133. The van der Waals surface area contributed by atoms with E-state index in [1.54, 1.807) is 44.3 Å². The molecule has 5 nitrogen and oxygen atoms in total. The van der Waals surface area contributed by atoms with E-state index in [9.17, 15) is 10.1 Å². The van der Waals surface area contributed by atoms with Crippen molar-refractivity contribution in [1.29, 1.82) is 5.26 Å². The van der Waals surface area contributed by atoms with Gasteiger partial charge in [-0.25, -0.2) is 4.98 Å². The SMILES string of the molecule is Cc1cc(Cl)nc(N(C)NC(=O)c2ccccc2Cl)c1C#N. The lowest BCUT2D eigenvalue weighted by Crippen LogP contribution is -2.40. The monoisotopic (exact) mass is 334 g/mol. The van der Waals surface area contributed by atoms with E-state index < -0.39 is 5.91 Å². The van der Waals surface area contributed by atoms with Crippen molar-refractivity contribution in [2.75, 3.05) is 12.1 Å². The maximum atomic E-state index is 12.2. The number of amides is 1. The highest BCUT2D eigenvalue weighted by Crippen LogP contribution is 2.22. The maximum absolute atomic E-state index is 12.2. The number of aryl methyl sites for hydroxylation is 1. The molecule has 0 aliphatic heterocycles. The average molecular weight is 335 g/mol. The molecule has 0 saturated heterocycles. The summed E-state index contributed by atoms with van der Waals surface area (Å²) in [5, 5.41) is 11.2. The van der Waals surface area contributed by atoms with Gasteiger partial charge in [-0.15, -0.1) is 0 Å². The van der Waals surface area contributed by atoms with Crippen LogP contribution in [0, 0.1) is 18.3 Å². The first-order chi connectivity index (χ1) is 10.4. The van der Waals surface area contributed by atoms with Crippen LogP contribution in [0.1, 0.15) is 21.5 Å². The van der Waals surface area contributed by atoms with E-state index >= 15 is 0 Å². The number of rotatable bonds is 3. The second-order valence-corrected chi connectivity index (χ2v) is 5.35. The molecule has 1 heterocycles. The topological polar surface area (TPSA) is 69.0 Å². The highest BCUT2D eigenvalue weighted by molar-refractivity contribution is 6.33. The van der Waals surface area contributed by atoms with Crippen molar-refractivity contribution in [3.05, 3.63) is 57.2 Å². The van der Waals surface area contributed by atoms with Gasteiger partial charge in [0.05, 0.1) is 16.1 Å². The lowest BCUT2D eigenvalue weighted by Gasteiger charge is -2.21. The van der Waals surface area contributed by atoms with Gasteiger partial charge >= 0.3 is 0 Å². The minimum Gasteiger partial charge on any atom is -0.270 e. The summed E-state index contributed by atoms with van der Waals surface area (Å²) in [6.07, 6.45) is 0. The van der Waals surface area contributed by atoms with Gasteiger partial charge in [-0.05, 0) is 30.7 Å². The van der Waals surface area contributed by atoms with Gasteiger partial charge in [0.1, 0.15) is 11.2 Å². The summed E-state index contributed by atoms with van der Waals surface area (Å²) < 4.78 is 0. The van der Waals surface area contributed by atoms with Crippen LogP contribution in [0.4, 0.5) is 5.82 Å². The molecule has 1 N–H and O–H groups in total. The van der Waals surface area contributed by atoms with Crippen molar-refractivity contribution >= 4 is 34.9 Å². The van der Waals surface area contributed by atoms with E-state index in [1.807, 2.05) is 0 Å². The zero-order chi connectivity index (χ0) is 16.3. The van der Waals surface area contributed by atoms with E-state index in [-0.39, 0.29) is 11.0 Å². The van der Waals surface area contributed by atoms with Crippen LogP contribution in [0.2, 0.25) is 10.2 Å². The number of hydrogen-bond donors (Lipinski definition) is 1. The molecular weight excluding hydrogens is 323 g/mol. The molecule has 0 aliphatic rings. The molecule has 0 aliphatic carbocycles. The molecule has 0 saturated carbocycles. The van der Waals surface area contributed by atoms with Crippen LogP contribution in [0.25, 0.3) is 0 Å². The minimum atomic E-state index is -0.406. The maximum Gasteiger partial charge on any atom is 0.271 e. The van der Waals surface area contributed by atoms with E-state index in [1.165, 1.54) is 5.01 Å². The number of halogens is 2. The molecule has 0 unspecified atom stereocenters. The Balaban J connectivity index is 2.31. The Morgan fingerprint density at radius 3 is 2.68 bits per heavy atom. The number of nitrogens with zero attached hydrogens (tertiary/aromatic N) is 3. The third-order valence-corrected chi connectivity index (χ3v) is 3.51. The molecule has 7 heteroatoms. The molecule has 112 valence electrons. The molecule has 0 spiro atoms. The quantitative estimate of drug-likeness (QED) is 0.690. The molecule has 0 atom stereocenters. The summed E-state index contributed by atoms with van der Waals surface area (Å²) in [5.41, 5.74) is 3.96. The van der Waals surface area contributed by atoms with Crippen LogP contribution < -0.4 is 10.4 Å². The number of anilines is 1. The summed E-state index contributed by atoms with van der Waals surface area (Å²) >= 11 is 11.9. The van der Waals surface area contributed by atoms with Crippen LogP contribution in [-0.2, 0) is 0 Å². The number of benzene rings is 1. The van der Waals surface area contributed by atoms with Crippen molar-refractivity contribution in [2.24, 2.45) is 0 Å². The Hall–Kier alpha value is -2.29. The van der Waals surface area contributed by atoms with Crippen LogP contribution in [0.3, 0.4) is 0 Å². The smallest absolute Gasteiger partial charge is 0.270 e. The number of nitrogens with one attached hydrogen (secondary N) is 1. The molecule has 22 heavy (non-hydrogen) atoms. The first-order valence-electron chi connectivity index (χ1n) is 6.30. The van der Waals surface area contributed by atoms with E-state index in [0.29, 0.717) is 21.7 Å². The lowest BCUT2D eigenvalue weighted by atomic mass is 10.1. The third kappa shape index (κ3) is 3.30. The highest BCUT2D eigenvalue weighted by atomic mass is 35.5. The van der Waals surface area contributed by atoms with Crippen LogP contribution >= 0.6 is 23.2 Å². The van der Waals surface area contributed by atoms with Gasteiger partial charge in [0, 0.05) is 7.05 Å². The second kappa shape index (κ2) is 6.65. The van der Waals surface area contributed by atoms with Crippen molar-refractivity contribution in [3.63, 3.8) is 0 Å². The van der Waals surface area contributed by atoms with E-state index in [0.717, 1.165) is 0 Å². The number of pyridine rings is 1. The van der Waals surface area contributed by atoms with Crippen molar-refractivity contribution in [3.8, 4) is 6.07 Å². The summed E-state index contributed by atoms with van der Waals surface area (Å²) in [6.45, 7) is 1.75. The predicted octanol–water partition coefficient (Wildman–Crippen LogP) is 3.35. The number of carbonyl (C=O) groups is 1. The summed E-state index contributed by atoms with van der Waals surface area (Å²) in [6, 6.07) is 10.3. The lowest BCUT2D eigenvalue weighted by molar-refractivity contribution is 0.0951. The summed E-state index contributed by atoms with van der Waals surface area (Å²) in [7, 11) is 1.58. The largest absolute Gasteiger partial charge is 0.271 e. The van der Waals surface area contributed by atoms with Gasteiger partial charge in [0.2, 0.25) is 0 Å². The molecule has 2 rings (SSSR count).